The predicted molar refractivity (Wildman–Crippen MR) is 72.4 cm³/mol. The molecular weight excluding hydrogens is 236 g/mol. The predicted octanol–water partition coefficient (Wildman–Crippen LogP) is 2.21. The van der Waals surface area contributed by atoms with Crippen molar-refractivity contribution in [1.29, 1.82) is 0 Å². The van der Waals surface area contributed by atoms with Crippen LogP contribution in [0.5, 0.6) is 0 Å². The minimum absolute atomic E-state index is 0.589. The summed E-state index contributed by atoms with van der Waals surface area (Å²) in [5, 5.41) is 3.90. The minimum atomic E-state index is 0.589. The number of rotatable bonds is 4. The van der Waals surface area contributed by atoms with E-state index in [1.807, 2.05) is 0 Å². The summed E-state index contributed by atoms with van der Waals surface area (Å²) in [6, 6.07) is 2.32. The van der Waals surface area contributed by atoms with Crippen molar-refractivity contribution in [2.45, 2.75) is 25.8 Å². The molecule has 94 valence electrons. The fourth-order valence-corrected chi connectivity index (χ4v) is 2.58. The summed E-state index contributed by atoms with van der Waals surface area (Å²) in [6.07, 6.45) is 4.15. The number of aromatic nitrogens is 1. The number of likely N-dealkylation sites (N-methyl/N-ethyl adjacent to an activating group) is 1. The van der Waals surface area contributed by atoms with Crippen LogP contribution in [0, 0.1) is 0 Å². The van der Waals surface area contributed by atoms with Crippen LogP contribution in [0.25, 0.3) is 0 Å². The highest BCUT2D eigenvalue weighted by atomic mass is 35.5. The zero-order valence-electron chi connectivity index (χ0n) is 10.1. The summed E-state index contributed by atoms with van der Waals surface area (Å²) in [6.45, 7) is 5.40. The highest BCUT2D eigenvalue weighted by molar-refractivity contribution is 6.33. The van der Waals surface area contributed by atoms with Gasteiger partial charge in [0.05, 0.1) is 16.9 Å². The van der Waals surface area contributed by atoms with Crippen LogP contribution in [0.3, 0.4) is 0 Å². The van der Waals surface area contributed by atoms with Gasteiger partial charge in [0, 0.05) is 12.6 Å². The molecule has 1 atom stereocenters. The molecule has 1 aliphatic rings. The number of likely N-dealkylation sites (tertiary alicyclic amines) is 1. The Balaban J connectivity index is 1.93. The third-order valence-electron chi connectivity index (χ3n) is 3.27. The molecular formula is C12H19ClN4. The Hall–Kier alpha value is -1.00. The normalized spacial score (nSPS) is 20.7. The molecule has 2 rings (SSSR count). The number of pyridine rings is 1. The lowest BCUT2D eigenvalue weighted by atomic mass is 10.2. The lowest BCUT2D eigenvalue weighted by Gasteiger charge is -2.23. The minimum Gasteiger partial charge on any atom is -0.397 e. The van der Waals surface area contributed by atoms with E-state index < -0.39 is 0 Å². The van der Waals surface area contributed by atoms with E-state index in [1.54, 1.807) is 12.3 Å². The van der Waals surface area contributed by atoms with Crippen LogP contribution in [0.15, 0.2) is 12.3 Å². The van der Waals surface area contributed by atoms with Gasteiger partial charge in [-0.2, -0.15) is 0 Å². The number of nitrogen functional groups attached to an aromatic ring is 1. The summed E-state index contributed by atoms with van der Waals surface area (Å²) in [4.78, 5) is 6.69. The molecule has 0 radical (unpaired) electrons. The quantitative estimate of drug-likeness (QED) is 0.865. The highest BCUT2D eigenvalue weighted by Crippen LogP contribution is 2.22. The van der Waals surface area contributed by atoms with Gasteiger partial charge in [0.25, 0.3) is 0 Å². The third-order valence-corrected chi connectivity index (χ3v) is 3.56. The SMILES string of the molecule is CCN1CCCC1CNc1ncc(N)cc1Cl. The molecule has 3 N–H and O–H groups in total. The van der Waals surface area contributed by atoms with Crippen molar-refractivity contribution in [3.8, 4) is 0 Å². The van der Waals surface area contributed by atoms with Gasteiger partial charge in [0.1, 0.15) is 5.82 Å². The van der Waals surface area contributed by atoms with Crippen molar-refractivity contribution in [2.24, 2.45) is 0 Å². The van der Waals surface area contributed by atoms with Crippen molar-refractivity contribution < 1.29 is 0 Å². The van der Waals surface area contributed by atoms with Gasteiger partial charge in [0.2, 0.25) is 0 Å². The van der Waals surface area contributed by atoms with Crippen molar-refractivity contribution in [3.05, 3.63) is 17.3 Å². The smallest absolute Gasteiger partial charge is 0.144 e. The maximum Gasteiger partial charge on any atom is 0.144 e. The molecule has 0 spiro atoms. The number of hydrogen-bond donors (Lipinski definition) is 2. The Morgan fingerprint density at radius 3 is 3.18 bits per heavy atom. The van der Waals surface area contributed by atoms with Gasteiger partial charge >= 0.3 is 0 Å². The molecule has 0 amide bonds. The Labute approximate surface area is 107 Å². The molecule has 0 aliphatic carbocycles. The molecule has 1 fully saturated rings. The molecule has 0 bridgehead atoms. The first kappa shape index (κ1) is 12.5. The summed E-state index contributed by atoms with van der Waals surface area (Å²) in [7, 11) is 0. The lowest BCUT2D eigenvalue weighted by molar-refractivity contribution is 0.277. The number of nitrogens with one attached hydrogen (secondary N) is 1. The zero-order chi connectivity index (χ0) is 12.3. The molecule has 0 saturated carbocycles. The maximum absolute atomic E-state index is 6.07. The zero-order valence-corrected chi connectivity index (χ0v) is 10.9. The van der Waals surface area contributed by atoms with E-state index in [4.69, 9.17) is 17.3 Å². The first-order valence-electron chi connectivity index (χ1n) is 6.09. The van der Waals surface area contributed by atoms with Gasteiger partial charge < -0.3 is 11.1 Å². The Morgan fingerprint density at radius 2 is 2.47 bits per heavy atom. The van der Waals surface area contributed by atoms with Crippen molar-refractivity contribution >= 4 is 23.1 Å². The van der Waals surface area contributed by atoms with Crippen LogP contribution >= 0.6 is 11.6 Å². The van der Waals surface area contributed by atoms with Crippen molar-refractivity contribution in [3.63, 3.8) is 0 Å². The van der Waals surface area contributed by atoms with Gasteiger partial charge in [-0.1, -0.05) is 18.5 Å². The second-order valence-electron chi connectivity index (χ2n) is 4.40. The summed E-state index contributed by atoms with van der Waals surface area (Å²) >= 11 is 6.07. The monoisotopic (exact) mass is 254 g/mol. The summed E-state index contributed by atoms with van der Waals surface area (Å²) < 4.78 is 0. The number of nitrogens with zero attached hydrogens (tertiary/aromatic N) is 2. The van der Waals surface area contributed by atoms with E-state index >= 15 is 0 Å². The van der Waals surface area contributed by atoms with Gasteiger partial charge in [-0.05, 0) is 32.0 Å². The van der Waals surface area contributed by atoms with Crippen LogP contribution < -0.4 is 11.1 Å². The number of hydrogen-bond acceptors (Lipinski definition) is 4. The van der Waals surface area contributed by atoms with E-state index in [9.17, 15) is 0 Å². The average Bonchev–Trinajstić information content (AvgIpc) is 2.75. The van der Waals surface area contributed by atoms with Crippen LogP contribution in [-0.4, -0.2) is 35.6 Å². The van der Waals surface area contributed by atoms with E-state index in [0.29, 0.717) is 16.8 Å². The number of nitrogens with two attached hydrogens (primary N) is 1. The Bertz CT molecular complexity index is 383. The van der Waals surface area contributed by atoms with Crippen LogP contribution in [-0.2, 0) is 0 Å². The second-order valence-corrected chi connectivity index (χ2v) is 4.81. The molecule has 17 heavy (non-hydrogen) atoms. The molecule has 1 saturated heterocycles. The van der Waals surface area contributed by atoms with E-state index in [1.165, 1.54) is 19.4 Å². The molecule has 0 aromatic carbocycles. The lowest BCUT2D eigenvalue weighted by Crippen LogP contribution is -2.34. The maximum atomic E-state index is 6.07. The molecule has 5 heteroatoms. The molecule has 2 heterocycles. The van der Waals surface area contributed by atoms with Crippen molar-refractivity contribution in [1.82, 2.24) is 9.88 Å². The summed E-state index contributed by atoms with van der Waals surface area (Å²) in [5.41, 5.74) is 6.20. The first-order valence-corrected chi connectivity index (χ1v) is 6.47. The van der Waals surface area contributed by atoms with Crippen molar-refractivity contribution in [2.75, 3.05) is 30.7 Å². The Kier molecular flexibility index (Phi) is 4.07. The largest absolute Gasteiger partial charge is 0.397 e. The van der Waals surface area contributed by atoms with E-state index in [2.05, 4.69) is 22.1 Å². The Morgan fingerprint density at radius 1 is 1.65 bits per heavy atom. The highest BCUT2D eigenvalue weighted by Gasteiger charge is 2.22. The third kappa shape index (κ3) is 3.01. The number of halogens is 1. The van der Waals surface area contributed by atoms with E-state index in [-0.39, 0.29) is 0 Å². The fraction of sp³-hybridized carbons (Fsp3) is 0.583. The van der Waals surface area contributed by atoms with Crippen LogP contribution in [0.1, 0.15) is 19.8 Å². The molecule has 1 unspecified atom stereocenters. The molecule has 4 nitrogen and oxygen atoms in total. The van der Waals surface area contributed by atoms with Gasteiger partial charge in [-0.3, -0.25) is 4.90 Å². The average molecular weight is 255 g/mol. The number of anilines is 2. The van der Waals surface area contributed by atoms with Gasteiger partial charge in [-0.25, -0.2) is 4.98 Å². The van der Waals surface area contributed by atoms with E-state index in [0.717, 1.165) is 18.9 Å². The topological polar surface area (TPSA) is 54.2 Å². The molecule has 1 aromatic rings. The van der Waals surface area contributed by atoms with Crippen LogP contribution in [0.4, 0.5) is 11.5 Å². The molecule has 1 aliphatic heterocycles. The van der Waals surface area contributed by atoms with Gasteiger partial charge in [-0.15, -0.1) is 0 Å². The molecule has 1 aromatic heterocycles. The van der Waals surface area contributed by atoms with Gasteiger partial charge in [0.15, 0.2) is 0 Å². The van der Waals surface area contributed by atoms with Crippen LogP contribution in [0.2, 0.25) is 5.02 Å². The summed E-state index contributed by atoms with van der Waals surface area (Å²) in [5.74, 6) is 0.726. The second kappa shape index (κ2) is 5.56. The standard InChI is InChI=1S/C12H19ClN4/c1-2-17-5-3-4-10(17)8-16-12-11(13)6-9(14)7-15-12/h6-7,10H,2-5,8,14H2,1H3,(H,15,16). The fourth-order valence-electron chi connectivity index (χ4n) is 2.34. The first-order chi connectivity index (χ1) is 8.20.